The van der Waals surface area contributed by atoms with Gasteiger partial charge in [-0.15, -0.1) is 0 Å². The second kappa shape index (κ2) is 5.27. The van der Waals surface area contributed by atoms with E-state index in [4.69, 9.17) is 0 Å². The smallest absolute Gasteiger partial charge is 0.126 e. The van der Waals surface area contributed by atoms with Crippen molar-refractivity contribution in [2.45, 2.75) is 6.42 Å². The molecule has 0 spiro atoms. The molecule has 0 saturated heterocycles. The third-order valence-corrected chi connectivity index (χ3v) is 2.81. The minimum absolute atomic E-state index is 0.471. The highest BCUT2D eigenvalue weighted by Crippen LogP contribution is 2.24. The van der Waals surface area contributed by atoms with E-state index in [1.807, 2.05) is 18.7 Å². The van der Waals surface area contributed by atoms with E-state index in [1.54, 1.807) is 6.33 Å². The first-order chi connectivity index (χ1) is 8.61. The number of hydrogen-bond donors (Lipinski definition) is 1. The lowest BCUT2D eigenvalue weighted by atomic mass is 10.1. The summed E-state index contributed by atoms with van der Waals surface area (Å²) in [5, 5.41) is 3.05. The Morgan fingerprint density at radius 1 is 1.22 bits per heavy atom. The molecule has 1 heterocycles. The molecule has 1 aromatic heterocycles. The summed E-state index contributed by atoms with van der Waals surface area (Å²) in [6.07, 6.45) is 2.41. The monoisotopic (exact) mass is 251 g/mol. The van der Waals surface area contributed by atoms with Crippen LogP contribution in [0, 0.1) is 11.6 Å². The molecule has 3 nitrogen and oxygen atoms in total. The second-order valence-electron chi connectivity index (χ2n) is 4.16. The van der Waals surface area contributed by atoms with Gasteiger partial charge in [0.05, 0.1) is 12.0 Å². The topological polar surface area (TPSA) is 29.9 Å². The molecule has 0 amide bonds. The lowest BCUT2D eigenvalue weighted by molar-refractivity contribution is 0.584. The Morgan fingerprint density at radius 2 is 1.89 bits per heavy atom. The molecule has 1 N–H and O–H groups in total. The van der Waals surface area contributed by atoms with Crippen molar-refractivity contribution in [2.24, 2.45) is 7.05 Å². The molecule has 0 aliphatic carbocycles. The highest BCUT2D eigenvalue weighted by Gasteiger charge is 2.12. The third-order valence-electron chi connectivity index (χ3n) is 2.81. The first-order valence-corrected chi connectivity index (χ1v) is 5.73. The summed E-state index contributed by atoms with van der Waals surface area (Å²) in [4.78, 5) is 4.22. The molecule has 2 rings (SSSR count). The molecule has 1 aromatic carbocycles. The van der Waals surface area contributed by atoms with Crippen LogP contribution in [0.2, 0.25) is 0 Å². The summed E-state index contributed by atoms with van der Waals surface area (Å²) < 4.78 is 28.3. The number of hydrogen-bond acceptors (Lipinski definition) is 2. The fraction of sp³-hybridized carbons (Fsp3) is 0.308. The van der Waals surface area contributed by atoms with Crippen LogP contribution in [-0.2, 0) is 13.5 Å². The number of nitrogens with one attached hydrogen (secondary N) is 1. The standard InChI is InChI=1S/C13H15F2N3/c1-16-4-3-12-13(17-8-18(12)2)9-5-10(14)7-11(15)6-9/h5-8,16H,3-4H2,1-2H3. The number of imidazole rings is 1. The molecule has 2 aromatic rings. The average molecular weight is 251 g/mol. The Balaban J connectivity index is 2.43. The van der Waals surface area contributed by atoms with Gasteiger partial charge in [-0.25, -0.2) is 13.8 Å². The van der Waals surface area contributed by atoms with Crippen molar-refractivity contribution in [1.82, 2.24) is 14.9 Å². The highest BCUT2D eigenvalue weighted by atomic mass is 19.1. The quantitative estimate of drug-likeness (QED) is 0.902. The minimum Gasteiger partial charge on any atom is -0.337 e. The Kier molecular flexibility index (Phi) is 3.72. The Bertz CT molecular complexity index is 529. The predicted molar refractivity (Wildman–Crippen MR) is 66.2 cm³/mol. The Hall–Kier alpha value is -1.75. The average Bonchev–Trinajstić information content (AvgIpc) is 2.67. The van der Waals surface area contributed by atoms with E-state index in [1.165, 1.54) is 12.1 Å². The number of rotatable bonds is 4. The van der Waals surface area contributed by atoms with Crippen LogP contribution in [0.4, 0.5) is 8.78 Å². The minimum atomic E-state index is -0.588. The molecule has 96 valence electrons. The largest absolute Gasteiger partial charge is 0.337 e. The van der Waals surface area contributed by atoms with Gasteiger partial charge in [0.25, 0.3) is 0 Å². The van der Waals surface area contributed by atoms with Gasteiger partial charge >= 0.3 is 0 Å². The first kappa shape index (κ1) is 12.7. The van der Waals surface area contributed by atoms with Gasteiger partial charge in [0.1, 0.15) is 11.6 Å². The zero-order chi connectivity index (χ0) is 13.1. The van der Waals surface area contributed by atoms with Crippen LogP contribution in [0.15, 0.2) is 24.5 Å². The molecule has 0 bridgehead atoms. The number of likely N-dealkylation sites (N-methyl/N-ethyl adjacent to an activating group) is 1. The number of aromatic nitrogens is 2. The zero-order valence-electron chi connectivity index (χ0n) is 10.4. The number of nitrogens with zero attached hydrogens (tertiary/aromatic N) is 2. The molecule has 5 heteroatoms. The maximum absolute atomic E-state index is 13.2. The fourth-order valence-corrected chi connectivity index (χ4v) is 1.93. The lowest BCUT2D eigenvalue weighted by Gasteiger charge is -2.06. The van der Waals surface area contributed by atoms with Crippen LogP contribution in [0.1, 0.15) is 5.69 Å². The summed E-state index contributed by atoms with van der Waals surface area (Å²) in [6, 6.07) is 3.46. The van der Waals surface area contributed by atoms with Crippen molar-refractivity contribution in [3.05, 3.63) is 41.9 Å². The van der Waals surface area contributed by atoms with E-state index in [-0.39, 0.29) is 0 Å². The van der Waals surface area contributed by atoms with E-state index < -0.39 is 11.6 Å². The summed E-state index contributed by atoms with van der Waals surface area (Å²) in [7, 11) is 3.73. The maximum atomic E-state index is 13.2. The van der Waals surface area contributed by atoms with Crippen LogP contribution in [-0.4, -0.2) is 23.1 Å². The van der Waals surface area contributed by atoms with Crippen molar-refractivity contribution in [1.29, 1.82) is 0 Å². The van der Waals surface area contributed by atoms with Crippen LogP contribution < -0.4 is 5.32 Å². The molecule has 0 aliphatic heterocycles. The van der Waals surface area contributed by atoms with Crippen molar-refractivity contribution < 1.29 is 8.78 Å². The van der Waals surface area contributed by atoms with E-state index >= 15 is 0 Å². The normalized spacial score (nSPS) is 10.9. The van der Waals surface area contributed by atoms with Gasteiger partial charge in [-0.3, -0.25) is 0 Å². The van der Waals surface area contributed by atoms with Gasteiger partial charge in [0.2, 0.25) is 0 Å². The molecule has 0 aliphatic rings. The van der Waals surface area contributed by atoms with Crippen molar-refractivity contribution in [3.63, 3.8) is 0 Å². The van der Waals surface area contributed by atoms with Crippen LogP contribution in [0.5, 0.6) is 0 Å². The van der Waals surface area contributed by atoms with E-state index in [0.717, 1.165) is 24.7 Å². The molecule has 0 fully saturated rings. The highest BCUT2D eigenvalue weighted by molar-refractivity contribution is 5.62. The van der Waals surface area contributed by atoms with Gasteiger partial charge in [-0.05, 0) is 19.2 Å². The number of aryl methyl sites for hydroxylation is 1. The summed E-state index contributed by atoms with van der Waals surface area (Å²) in [5.74, 6) is -1.18. The molecule has 0 unspecified atom stereocenters. The maximum Gasteiger partial charge on any atom is 0.126 e. The Morgan fingerprint density at radius 3 is 2.50 bits per heavy atom. The summed E-state index contributed by atoms with van der Waals surface area (Å²) >= 11 is 0. The molecule has 0 radical (unpaired) electrons. The van der Waals surface area contributed by atoms with E-state index in [0.29, 0.717) is 11.3 Å². The van der Waals surface area contributed by atoms with Gasteiger partial charge in [-0.1, -0.05) is 0 Å². The predicted octanol–water partition coefficient (Wildman–Crippen LogP) is 2.13. The number of benzene rings is 1. The lowest BCUT2D eigenvalue weighted by Crippen LogP contribution is -2.12. The molecular formula is C13H15F2N3. The van der Waals surface area contributed by atoms with E-state index in [2.05, 4.69) is 10.3 Å². The molecule has 18 heavy (non-hydrogen) atoms. The van der Waals surface area contributed by atoms with Crippen LogP contribution >= 0.6 is 0 Å². The van der Waals surface area contributed by atoms with Crippen LogP contribution in [0.25, 0.3) is 11.3 Å². The van der Waals surface area contributed by atoms with Crippen molar-refractivity contribution in [2.75, 3.05) is 13.6 Å². The SMILES string of the molecule is CNCCc1c(-c2cc(F)cc(F)c2)ncn1C. The first-order valence-electron chi connectivity index (χ1n) is 5.73. The van der Waals surface area contributed by atoms with Gasteiger partial charge in [0.15, 0.2) is 0 Å². The fourth-order valence-electron chi connectivity index (χ4n) is 1.93. The van der Waals surface area contributed by atoms with E-state index in [9.17, 15) is 8.78 Å². The Labute approximate surface area is 104 Å². The van der Waals surface area contributed by atoms with Gasteiger partial charge < -0.3 is 9.88 Å². The zero-order valence-corrected chi connectivity index (χ0v) is 10.4. The third kappa shape index (κ3) is 2.56. The summed E-state index contributed by atoms with van der Waals surface area (Å²) in [5.41, 5.74) is 2.06. The molecular weight excluding hydrogens is 236 g/mol. The van der Waals surface area contributed by atoms with Gasteiger partial charge in [-0.2, -0.15) is 0 Å². The molecule has 0 saturated carbocycles. The van der Waals surface area contributed by atoms with Gasteiger partial charge in [0, 0.05) is 37.3 Å². The van der Waals surface area contributed by atoms with Crippen LogP contribution in [0.3, 0.4) is 0 Å². The second-order valence-corrected chi connectivity index (χ2v) is 4.16. The summed E-state index contributed by atoms with van der Waals surface area (Å²) in [6.45, 7) is 0.782. The van der Waals surface area contributed by atoms with Crippen molar-refractivity contribution in [3.8, 4) is 11.3 Å². The van der Waals surface area contributed by atoms with Crippen molar-refractivity contribution >= 4 is 0 Å². The molecule has 0 atom stereocenters. The number of halogens is 2.